The molecule has 2 rings (SSSR count). The normalized spacial score (nSPS) is 14.5. The molecule has 5 heteroatoms. The van der Waals surface area contributed by atoms with Gasteiger partial charge in [-0.05, 0) is 29.5 Å². The van der Waals surface area contributed by atoms with Crippen molar-refractivity contribution in [3.8, 4) is 0 Å². The highest BCUT2D eigenvalue weighted by Crippen LogP contribution is 2.37. The van der Waals surface area contributed by atoms with Gasteiger partial charge in [0.2, 0.25) is 0 Å². The van der Waals surface area contributed by atoms with E-state index in [1.54, 1.807) is 42.5 Å². The minimum Gasteiger partial charge on any atom is -0.456 e. The van der Waals surface area contributed by atoms with Gasteiger partial charge < -0.3 is 4.74 Å². The van der Waals surface area contributed by atoms with Gasteiger partial charge in [0.25, 0.3) is 0 Å². The third kappa shape index (κ3) is 5.18. The molecule has 0 saturated carbocycles. The van der Waals surface area contributed by atoms with E-state index in [4.69, 9.17) is 4.74 Å². The van der Waals surface area contributed by atoms with Crippen LogP contribution in [0.15, 0.2) is 65.6 Å². The molecule has 0 aliphatic rings. The van der Waals surface area contributed by atoms with Gasteiger partial charge in [0.05, 0.1) is 4.90 Å². The van der Waals surface area contributed by atoms with Crippen molar-refractivity contribution in [2.75, 3.05) is 0 Å². The van der Waals surface area contributed by atoms with Gasteiger partial charge in [0, 0.05) is 6.92 Å². The van der Waals surface area contributed by atoms with Crippen molar-refractivity contribution >= 4 is 15.8 Å². The zero-order valence-corrected chi connectivity index (χ0v) is 16.5. The quantitative estimate of drug-likeness (QED) is 0.695. The van der Waals surface area contributed by atoms with Crippen LogP contribution in [-0.2, 0) is 19.4 Å². The van der Waals surface area contributed by atoms with Crippen molar-refractivity contribution in [2.45, 2.75) is 50.4 Å². The molecule has 0 heterocycles. The van der Waals surface area contributed by atoms with Crippen LogP contribution in [0.1, 0.15) is 45.8 Å². The Bertz CT molecular complexity index is 821. The molecule has 0 N–H and O–H groups in total. The van der Waals surface area contributed by atoms with Crippen LogP contribution in [0.4, 0.5) is 0 Å². The number of benzene rings is 2. The number of carbonyl (C=O) groups excluding carboxylic acids is 1. The molecular weight excluding hydrogens is 348 g/mol. The van der Waals surface area contributed by atoms with Crippen LogP contribution < -0.4 is 0 Å². The van der Waals surface area contributed by atoms with Gasteiger partial charge in [0.1, 0.15) is 11.4 Å². The summed E-state index contributed by atoms with van der Waals surface area (Å²) in [7, 11) is -3.70. The van der Waals surface area contributed by atoms with Crippen LogP contribution >= 0.6 is 0 Å². The average Bonchev–Trinajstić information content (AvgIpc) is 2.58. The lowest BCUT2D eigenvalue weighted by atomic mass is 9.87. The molecule has 0 aliphatic carbocycles. The average molecular weight is 375 g/mol. The molecule has 0 radical (unpaired) electrons. The van der Waals surface area contributed by atoms with Gasteiger partial charge >= 0.3 is 5.97 Å². The fourth-order valence-corrected chi connectivity index (χ4v) is 5.09. The Hall–Kier alpha value is -2.14. The lowest BCUT2D eigenvalue weighted by Gasteiger charge is -2.32. The summed E-state index contributed by atoms with van der Waals surface area (Å²) in [6.07, 6.45) is -0.505. The summed E-state index contributed by atoms with van der Waals surface area (Å²) in [5, 5.41) is -0.879. The molecule has 2 atom stereocenters. The topological polar surface area (TPSA) is 60.4 Å². The number of hydrogen-bond donors (Lipinski definition) is 0. The number of hydrogen-bond acceptors (Lipinski definition) is 4. The number of rotatable bonds is 6. The van der Waals surface area contributed by atoms with Crippen molar-refractivity contribution in [3.05, 3.63) is 66.2 Å². The summed E-state index contributed by atoms with van der Waals surface area (Å²) in [5.41, 5.74) is 0.413. The summed E-state index contributed by atoms with van der Waals surface area (Å²) in [5.74, 6) is -0.499. The van der Waals surface area contributed by atoms with E-state index < -0.39 is 27.2 Å². The maximum Gasteiger partial charge on any atom is 0.303 e. The lowest BCUT2D eigenvalue weighted by Crippen LogP contribution is -2.35. The molecule has 26 heavy (non-hydrogen) atoms. The second kappa shape index (κ2) is 8.04. The fourth-order valence-electron chi connectivity index (χ4n) is 2.95. The second-order valence-electron chi connectivity index (χ2n) is 7.60. The highest BCUT2D eigenvalue weighted by atomic mass is 32.2. The van der Waals surface area contributed by atoms with E-state index in [1.165, 1.54) is 6.92 Å². The maximum atomic E-state index is 13.4. The maximum absolute atomic E-state index is 13.4. The fraction of sp³-hybridized carbons (Fsp3) is 0.381. The summed E-state index contributed by atoms with van der Waals surface area (Å²) in [6, 6.07) is 17.4. The first-order valence-electron chi connectivity index (χ1n) is 8.62. The summed E-state index contributed by atoms with van der Waals surface area (Å²) >= 11 is 0. The number of ether oxygens (including phenoxy) is 1. The van der Waals surface area contributed by atoms with E-state index in [0.717, 1.165) is 0 Å². The number of esters is 1. The molecule has 0 aromatic heterocycles. The molecule has 0 unspecified atom stereocenters. The van der Waals surface area contributed by atoms with E-state index in [1.807, 2.05) is 39.0 Å². The van der Waals surface area contributed by atoms with Gasteiger partial charge in [-0.2, -0.15) is 0 Å². The van der Waals surface area contributed by atoms with Crippen LogP contribution in [0.25, 0.3) is 0 Å². The zero-order chi connectivity index (χ0) is 19.4. The third-order valence-electron chi connectivity index (χ3n) is 4.04. The minimum absolute atomic E-state index is 0.238. The Morgan fingerprint density at radius 1 is 0.962 bits per heavy atom. The Morgan fingerprint density at radius 2 is 1.46 bits per heavy atom. The van der Waals surface area contributed by atoms with Gasteiger partial charge in [0.15, 0.2) is 9.84 Å². The molecule has 0 aliphatic heterocycles. The van der Waals surface area contributed by atoms with Crippen molar-refractivity contribution < 1.29 is 17.9 Å². The standard InChI is InChI=1S/C21H26O4S/c1-16(22)25-20(17-11-7-5-8-12-17)19(15-21(2,3)4)26(23,24)18-13-9-6-10-14-18/h5-14,19-20H,15H2,1-4H3/t19-,20+/m0/s1. The molecular formula is C21H26O4S. The lowest BCUT2D eigenvalue weighted by molar-refractivity contribution is -0.147. The smallest absolute Gasteiger partial charge is 0.303 e. The van der Waals surface area contributed by atoms with Crippen molar-refractivity contribution in [1.82, 2.24) is 0 Å². The van der Waals surface area contributed by atoms with E-state index in [0.29, 0.717) is 12.0 Å². The Kier molecular flexibility index (Phi) is 6.24. The second-order valence-corrected chi connectivity index (χ2v) is 9.77. The van der Waals surface area contributed by atoms with E-state index in [-0.39, 0.29) is 10.3 Å². The molecule has 4 nitrogen and oxygen atoms in total. The van der Waals surface area contributed by atoms with Gasteiger partial charge in [-0.1, -0.05) is 69.3 Å². The number of carbonyl (C=O) groups is 1. The predicted octanol–water partition coefficient (Wildman–Crippen LogP) is 4.57. The van der Waals surface area contributed by atoms with Crippen LogP contribution in [0, 0.1) is 5.41 Å². The van der Waals surface area contributed by atoms with E-state index in [2.05, 4.69) is 0 Å². The molecule has 0 fully saturated rings. The van der Waals surface area contributed by atoms with Crippen LogP contribution in [0.3, 0.4) is 0 Å². The Morgan fingerprint density at radius 3 is 1.92 bits per heavy atom. The molecule has 0 spiro atoms. The largest absolute Gasteiger partial charge is 0.456 e. The van der Waals surface area contributed by atoms with E-state index >= 15 is 0 Å². The first kappa shape index (κ1) is 20.2. The number of sulfone groups is 1. The Labute approximate surface area is 156 Å². The van der Waals surface area contributed by atoms with E-state index in [9.17, 15) is 13.2 Å². The highest BCUT2D eigenvalue weighted by Gasteiger charge is 2.40. The van der Waals surface area contributed by atoms with Gasteiger partial charge in [-0.3, -0.25) is 4.79 Å². The zero-order valence-electron chi connectivity index (χ0n) is 15.7. The van der Waals surface area contributed by atoms with Crippen molar-refractivity contribution in [2.24, 2.45) is 5.41 Å². The first-order valence-corrected chi connectivity index (χ1v) is 10.2. The highest BCUT2D eigenvalue weighted by molar-refractivity contribution is 7.92. The molecule has 0 bridgehead atoms. The summed E-state index contributed by atoms with van der Waals surface area (Å²) in [6.45, 7) is 7.25. The monoisotopic (exact) mass is 374 g/mol. The summed E-state index contributed by atoms with van der Waals surface area (Å²) in [4.78, 5) is 12.0. The van der Waals surface area contributed by atoms with Crippen molar-refractivity contribution in [1.29, 1.82) is 0 Å². The van der Waals surface area contributed by atoms with Crippen LogP contribution in [0.5, 0.6) is 0 Å². The third-order valence-corrected chi connectivity index (χ3v) is 6.18. The first-order chi connectivity index (χ1) is 12.1. The molecule has 2 aromatic rings. The van der Waals surface area contributed by atoms with Gasteiger partial charge in [-0.15, -0.1) is 0 Å². The SMILES string of the molecule is CC(=O)O[C@H](c1ccccc1)[C@H](CC(C)(C)C)S(=O)(=O)c1ccccc1. The molecule has 0 amide bonds. The molecule has 140 valence electrons. The van der Waals surface area contributed by atoms with Crippen LogP contribution in [-0.4, -0.2) is 19.6 Å². The van der Waals surface area contributed by atoms with Gasteiger partial charge in [-0.25, -0.2) is 8.42 Å². The predicted molar refractivity (Wildman–Crippen MR) is 102 cm³/mol. The Balaban J connectivity index is 2.59. The van der Waals surface area contributed by atoms with Crippen molar-refractivity contribution in [3.63, 3.8) is 0 Å². The van der Waals surface area contributed by atoms with Crippen LogP contribution in [0.2, 0.25) is 0 Å². The molecule has 2 aromatic carbocycles. The summed E-state index contributed by atoms with van der Waals surface area (Å²) < 4.78 is 32.4. The molecule has 0 saturated heterocycles. The minimum atomic E-state index is -3.70.